The van der Waals surface area contributed by atoms with Crippen molar-refractivity contribution in [1.82, 2.24) is 0 Å². The topological polar surface area (TPSA) is 69.4 Å². The Balaban J connectivity index is 2.90. The van der Waals surface area contributed by atoms with E-state index in [9.17, 15) is 8.42 Å². The van der Waals surface area contributed by atoms with Crippen LogP contribution in [0.2, 0.25) is 0 Å². The molecule has 0 aliphatic heterocycles. The van der Waals surface area contributed by atoms with Crippen molar-refractivity contribution in [2.24, 2.45) is 11.1 Å². The summed E-state index contributed by atoms with van der Waals surface area (Å²) in [5.41, 5.74) is 2.22. The highest BCUT2D eigenvalue weighted by atomic mass is 32.2. The van der Waals surface area contributed by atoms with Gasteiger partial charge in [-0.2, -0.15) is 0 Å². The van der Waals surface area contributed by atoms with Crippen molar-refractivity contribution in [3.05, 3.63) is 29.3 Å². The van der Waals surface area contributed by atoms with Gasteiger partial charge in [-0.1, -0.05) is 39.8 Å². The maximum absolute atomic E-state index is 11.2. The van der Waals surface area contributed by atoms with Crippen LogP contribution >= 0.6 is 0 Å². The minimum atomic E-state index is -3.47. The average Bonchev–Trinajstić information content (AvgIpc) is 2.31. The smallest absolute Gasteiger partial charge is 0.209 e. The van der Waals surface area contributed by atoms with Gasteiger partial charge in [0.1, 0.15) is 5.75 Å². The van der Waals surface area contributed by atoms with Crippen LogP contribution in [-0.4, -0.2) is 20.8 Å². The van der Waals surface area contributed by atoms with Gasteiger partial charge in [-0.15, -0.1) is 0 Å². The molecule has 0 saturated carbocycles. The maximum atomic E-state index is 11.2. The first-order valence-electron chi connectivity index (χ1n) is 7.27. The summed E-state index contributed by atoms with van der Waals surface area (Å²) in [6.07, 6.45) is 0.715. The number of rotatable bonds is 6. The predicted octanol–water partition coefficient (Wildman–Crippen LogP) is 2.99. The van der Waals surface area contributed by atoms with E-state index in [0.717, 1.165) is 16.9 Å². The van der Waals surface area contributed by atoms with E-state index >= 15 is 0 Å². The Morgan fingerprint density at radius 3 is 2.38 bits per heavy atom. The molecule has 1 atom stereocenters. The van der Waals surface area contributed by atoms with Gasteiger partial charge in [-0.3, -0.25) is 0 Å². The lowest BCUT2D eigenvalue weighted by Gasteiger charge is -2.24. The van der Waals surface area contributed by atoms with Gasteiger partial charge in [0.15, 0.2) is 0 Å². The normalized spacial score (nSPS) is 14.0. The Kier molecular flexibility index (Phi) is 5.82. The molecule has 2 N–H and O–H groups in total. The lowest BCUT2D eigenvalue weighted by Crippen LogP contribution is -2.27. The molecule has 0 aliphatic carbocycles. The molecule has 0 aliphatic rings. The van der Waals surface area contributed by atoms with Gasteiger partial charge in [0.2, 0.25) is 10.0 Å². The van der Waals surface area contributed by atoms with Gasteiger partial charge in [0, 0.05) is 5.92 Å². The zero-order valence-electron chi connectivity index (χ0n) is 13.6. The van der Waals surface area contributed by atoms with Crippen molar-refractivity contribution >= 4 is 10.0 Å². The number of hydrogen-bond donors (Lipinski definition) is 1. The number of nitrogens with two attached hydrogens (primary N) is 1. The van der Waals surface area contributed by atoms with Crippen LogP contribution in [0.4, 0.5) is 0 Å². The van der Waals surface area contributed by atoms with E-state index in [-0.39, 0.29) is 17.1 Å². The molecule has 4 nitrogen and oxygen atoms in total. The predicted molar refractivity (Wildman–Crippen MR) is 87.1 cm³/mol. The number of sulfonamides is 1. The van der Waals surface area contributed by atoms with Crippen LogP contribution in [0.5, 0.6) is 5.75 Å². The molecule has 0 spiro atoms. The van der Waals surface area contributed by atoms with E-state index in [1.807, 2.05) is 19.9 Å². The summed E-state index contributed by atoms with van der Waals surface area (Å²) >= 11 is 0. The molecule has 0 saturated heterocycles. The zero-order valence-corrected chi connectivity index (χ0v) is 14.5. The summed E-state index contributed by atoms with van der Waals surface area (Å²) in [5.74, 6) is 0.698. The SMILES string of the molecule is CCC(COc1cc(C)ccc1C(C)(C)C)CS(N)(=O)=O. The maximum Gasteiger partial charge on any atom is 0.209 e. The summed E-state index contributed by atoms with van der Waals surface area (Å²) in [6, 6.07) is 6.14. The first-order valence-corrected chi connectivity index (χ1v) is 8.99. The molecule has 5 heteroatoms. The Hall–Kier alpha value is -1.07. The summed E-state index contributed by atoms with van der Waals surface area (Å²) < 4.78 is 28.4. The molecular weight excluding hydrogens is 286 g/mol. The summed E-state index contributed by atoms with van der Waals surface area (Å²) in [6.45, 7) is 10.7. The van der Waals surface area contributed by atoms with Gasteiger partial charge in [-0.25, -0.2) is 13.6 Å². The monoisotopic (exact) mass is 313 g/mol. The molecule has 1 aromatic carbocycles. The molecular formula is C16H27NO3S. The summed E-state index contributed by atoms with van der Waals surface area (Å²) in [7, 11) is -3.47. The minimum absolute atomic E-state index is 0.0231. The number of hydrogen-bond acceptors (Lipinski definition) is 3. The Bertz CT molecular complexity index is 574. The average molecular weight is 313 g/mol. The van der Waals surface area contributed by atoms with E-state index in [0.29, 0.717) is 13.0 Å². The lowest BCUT2D eigenvalue weighted by atomic mass is 9.86. The fraction of sp³-hybridized carbons (Fsp3) is 0.625. The molecule has 0 bridgehead atoms. The molecule has 21 heavy (non-hydrogen) atoms. The van der Waals surface area contributed by atoms with Crippen LogP contribution in [0.1, 0.15) is 45.2 Å². The molecule has 0 radical (unpaired) electrons. The molecule has 120 valence electrons. The molecule has 0 fully saturated rings. The molecule has 0 heterocycles. The van der Waals surface area contributed by atoms with Crippen LogP contribution in [0, 0.1) is 12.8 Å². The van der Waals surface area contributed by atoms with E-state index in [2.05, 4.69) is 32.9 Å². The third-order valence-electron chi connectivity index (χ3n) is 3.47. The third kappa shape index (κ3) is 6.06. The molecule has 1 unspecified atom stereocenters. The van der Waals surface area contributed by atoms with E-state index < -0.39 is 10.0 Å². The number of benzene rings is 1. The second kappa shape index (κ2) is 6.79. The molecule has 1 aromatic rings. The highest BCUT2D eigenvalue weighted by Gasteiger charge is 2.21. The number of primary sulfonamides is 1. The Morgan fingerprint density at radius 1 is 1.29 bits per heavy atom. The fourth-order valence-corrected chi connectivity index (χ4v) is 3.18. The second-order valence-corrected chi connectivity index (χ2v) is 8.32. The van der Waals surface area contributed by atoms with Crippen LogP contribution in [0.25, 0.3) is 0 Å². The van der Waals surface area contributed by atoms with Crippen LogP contribution in [0.3, 0.4) is 0 Å². The lowest BCUT2D eigenvalue weighted by molar-refractivity contribution is 0.252. The Labute approximate surface area is 128 Å². The summed E-state index contributed by atoms with van der Waals surface area (Å²) in [4.78, 5) is 0. The minimum Gasteiger partial charge on any atom is -0.493 e. The largest absolute Gasteiger partial charge is 0.493 e. The van der Waals surface area contributed by atoms with Crippen molar-refractivity contribution in [2.75, 3.05) is 12.4 Å². The zero-order chi connectivity index (χ0) is 16.3. The van der Waals surface area contributed by atoms with E-state index in [4.69, 9.17) is 9.88 Å². The van der Waals surface area contributed by atoms with Crippen molar-refractivity contribution < 1.29 is 13.2 Å². The third-order valence-corrected chi connectivity index (χ3v) is 4.40. The van der Waals surface area contributed by atoms with E-state index in [1.54, 1.807) is 0 Å². The van der Waals surface area contributed by atoms with Crippen molar-refractivity contribution in [3.8, 4) is 5.75 Å². The van der Waals surface area contributed by atoms with Gasteiger partial charge < -0.3 is 4.74 Å². The van der Waals surface area contributed by atoms with Crippen LogP contribution < -0.4 is 9.88 Å². The van der Waals surface area contributed by atoms with Crippen LogP contribution in [-0.2, 0) is 15.4 Å². The highest BCUT2D eigenvalue weighted by Crippen LogP contribution is 2.32. The van der Waals surface area contributed by atoms with Gasteiger partial charge >= 0.3 is 0 Å². The quantitative estimate of drug-likeness (QED) is 0.877. The highest BCUT2D eigenvalue weighted by molar-refractivity contribution is 7.89. The Morgan fingerprint density at radius 2 is 1.90 bits per heavy atom. The van der Waals surface area contributed by atoms with Gasteiger partial charge in [-0.05, 0) is 36.0 Å². The fourth-order valence-electron chi connectivity index (χ4n) is 2.19. The van der Waals surface area contributed by atoms with Gasteiger partial charge in [0.25, 0.3) is 0 Å². The van der Waals surface area contributed by atoms with E-state index in [1.165, 1.54) is 0 Å². The standard InChI is InChI=1S/C16H27NO3S/c1-6-13(11-21(17,18)19)10-20-15-9-12(2)7-8-14(15)16(3,4)5/h7-9,13H,6,10-11H2,1-5H3,(H2,17,18,19). The molecule has 1 rings (SSSR count). The molecule has 0 aromatic heterocycles. The van der Waals surface area contributed by atoms with Crippen molar-refractivity contribution in [3.63, 3.8) is 0 Å². The number of aryl methyl sites for hydroxylation is 1. The number of ether oxygens (including phenoxy) is 1. The van der Waals surface area contributed by atoms with Crippen molar-refractivity contribution in [1.29, 1.82) is 0 Å². The first-order chi connectivity index (χ1) is 9.53. The first kappa shape index (κ1) is 18.0. The second-order valence-electron chi connectivity index (χ2n) is 6.66. The van der Waals surface area contributed by atoms with Crippen molar-refractivity contribution in [2.45, 2.75) is 46.5 Å². The molecule has 0 amide bonds. The van der Waals surface area contributed by atoms with Crippen LogP contribution in [0.15, 0.2) is 18.2 Å². The summed E-state index contributed by atoms with van der Waals surface area (Å²) in [5, 5.41) is 5.12. The van der Waals surface area contributed by atoms with Gasteiger partial charge in [0.05, 0.1) is 12.4 Å².